The zero-order valence-electron chi connectivity index (χ0n) is 16.0. The average molecular weight is 354 g/mol. The van der Waals surface area contributed by atoms with Crippen LogP contribution in [-0.2, 0) is 28.5 Å². The minimum absolute atomic E-state index is 0.134. The zero-order chi connectivity index (χ0) is 19.3. The van der Waals surface area contributed by atoms with E-state index in [9.17, 15) is 9.59 Å². The van der Waals surface area contributed by atoms with Gasteiger partial charge in [0.1, 0.15) is 18.8 Å². The Labute approximate surface area is 150 Å². The van der Waals surface area contributed by atoms with Gasteiger partial charge in [0.2, 0.25) is 0 Å². The van der Waals surface area contributed by atoms with Crippen LogP contribution in [0.15, 0.2) is 24.3 Å². The van der Waals surface area contributed by atoms with E-state index in [4.69, 9.17) is 18.9 Å². The molecule has 1 aliphatic rings. The van der Waals surface area contributed by atoms with E-state index in [0.29, 0.717) is 30.6 Å². The summed E-state index contributed by atoms with van der Waals surface area (Å²) >= 11 is 0. The van der Waals surface area contributed by atoms with E-state index < -0.39 is 29.2 Å². The minimum atomic E-state index is -0.621. The second-order valence-electron chi connectivity index (χ2n) is 7.31. The van der Waals surface area contributed by atoms with Crippen LogP contribution in [-0.4, -0.2) is 43.7 Å². The lowest BCUT2D eigenvalue weighted by atomic mass is 9.90. The summed E-state index contributed by atoms with van der Waals surface area (Å²) in [4.78, 5) is 23.3. The number of esters is 2. The van der Waals surface area contributed by atoms with E-state index in [1.807, 2.05) is 20.8 Å². The van der Waals surface area contributed by atoms with Crippen molar-refractivity contribution in [3.05, 3.63) is 24.3 Å². The molecular formula is C19H30O6. The van der Waals surface area contributed by atoms with Gasteiger partial charge in [0.15, 0.2) is 6.29 Å². The summed E-state index contributed by atoms with van der Waals surface area (Å²) in [6.07, 6.45) is 0.700. The number of carbonyl (C=O) groups excluding carboxylic acids is 2. The number of rotatable bonds is 8. The molecule has 0 bridgehead atoms. The highest BCUT2D eigenvalue weighted by Crippen LogP contribution is 2.36. The van der Waals surface area contributed by atoms with Gasteiger partial charge in [-0.15, -0.1) is 0 Å². The second kappa shape index (κ2) is 8.63. The van der Waals surface area contributed by atoms with E-state index in [1.54, 1.807) is 13.8 Å². The van der Waals surface area contributed by atoms with Gasteiger partial charge in [-0.1, -0.05) is 33.9 Å². The number of hydrogen-bond acceptors (Lipinski definition) is 6. The normalized spacial score (nSPS) is 23.6. The molecule has 0 spiro atoms. The standard InChI is InChI=1S/C19H30O6/c1-8-19(12-24-16(21)14(4)5)9-10-22-17(25-19)18(6,7)11-23-15(20)13(2)3/h17H,2,4,8-12H2,1,3,5-7H3. The van der Waals surface area contributed by atoms with Crippen LogP contribution in [0.3, 0.4) is 0 Å². The van der Waals surface area contributed by atoms with E-state index in [0.717, 1.165) is 0 Å². The van der Waals surface area contributed by atoms with Crippen molar-refractivity contribution >= 4 is 11.9 Å². The molecule has 0 aliphatic carbocycles. The van der Waals surface area contributed by atoms with Crippen LogP contribution >= 0.6 is 0 Å². The van der Waals surface area contributed by atoms with Crippen LogP contribution in [0, 0.1) is 5.41 Å². The summed E-state index contributed by atoms with van der Waals surface area (Å²) in [6.45, 7) is 16.9. The Hall–Kier alpha value is -1.66. The first-order chi connectivity index (χ1) is 11.5. The molecule has 0 radical (unpaired) electrons. The molecule has 142 valence electrons. The van der Waals surface area contributed by atoms with Gasteiger partial charge in [0.05, 0.1) is 6.61 Å². The Kier molecular flexibility index (Phi) is 7.38. The maximum atomic E-state index is 11.7. The van der Waals surface area contributed by atoms with Crippen molar-refractivity contribution in [3.63, 3.8) is 0 Å². The van der Waals surface area contributed by atoms with Crippen molar-refractivity contribution in [2.45, 2.75) is 59.4 Å². The van der Waals surface area contributed by atoms with Crippen LogP contribution < -0.4 is 0 Å². The molecule has 25 heavy (non-hydrogen) atoms. The lowest BCUT2D eigenvalue weighted by molar-refractivity contribution is -0.305. The summed E-state index contributed by atoms with van der Waals surface area (Å²) < 4.78 is 22.5. The van der Waals surface area contributed by atoms with Gasteiger partial charge in [-0.05, 0) is 20.3 Å². The quantitative estimate of drug-likeness (QED) is 0.492. The van der Waals surface area contributed by atoms with Crippen LogP contribution in [0.5, 0.6) is 0 Å². The van der Waals surface area contributed by atoms with Crippen molar-refractivity contribution in [2.24, 2.45) is 5.41 Å². The molecule has 0 aromatic rings. The molecule has 1 rings (SSSR count). The molecule has 1 saturated heterocycles. The zero-order valence-corrected chi connectivity index (χ0v) is 16.0. The monoisotopic (exact) mass is 354 g/mol. The fourth-order valence-corrected chi connectivity index (χ4v) is 2.29. The highest BCUT2D eigenvalue weighted by atomic mass is 16.7. The molecule has 6 heteroatoms. The van der Waals surface area contributed by atoms with Gasteiger partial charge in [-0.25, -0.2) is 9.59 Å². The summed E-state index contributed by atoms with van der Waals surface area (Å²) in [5.74, 6) is -0.879. The van der Waals surface area contributed by atoms with Gasteiger partial charge in [-0.3, -0.25) is 0 Å². The molecule has 2 unspecified atom stereocenters. The van der Waals surface area contributed by atoms with Crippen LogP contribution in [0.1, 0.15) is 47.5 Å². The molecule has 0 aromatic heterocycles. The van der Waals surface area contributed by atoms with Crippen LogP contribution in [0.2, 0.25) is 0 Å². The molecule has 0 N–H and O–H groups in total. The van der Waals surface area contributed by atoms with Crippen molar-refractivity contribution in [1.82, 2.24) is 0 Å². The van der Waals surface area contributed by atoms with Gasteiger partial charge < -0.3 is 18.9 Å². The Morgan fingerprint density at radius 2 is 1.72 bits per heavy atom. The lowest BCUT2D eigenvalue weighted by Gasteiger charge is -2.45. The summed E-state index contributed by atoms with van der Waals surface area (Å²) in [5.41, 5.74) is -0.494. The highest BCUT2D eigenvalue weighted by molar-refractivity contribution is 5.87. The fraction of sp³-hybridized carbons (Fsp3) is 0.684. The SMILES string of the molecule is C=C(C)C(=O)OCC1(CC)CCOC(C(C)(C)COC(=O)C(=C)C)O1. The molecule has 0 saturated carbocycles. The van der Waals surface area contributed by atoms with Crippen molar-refractivity contribution < 1.29 is 28.5 Å². The molecule has 0 aromatic carbocycles. The fourth-order valence-electron chi connectivity index (χ4n) is 2.29. The van der Waals surface area contributed by atoms with Crippen molar-refractivity contribution in [3.8, 4) is 0 Å². The van der Waals surface area contributed by atoms with Crippen LogP contribution in [0.4, 0.5) is 0 Å². The van der Waals surface area contributed by atoms with Gasteiger partial charge in [-0.2, -0.15) is 0 Å². The molecule has 1 heterocycles. The average Bonchev–Trinajstić information content (AvgIpc) is 2.57. The van der Waals surface area contributed by atoms with Gasteiger partial charge >= 0.3 is 11.9 Å². The third-order valence-corrected chi connectivity index (χ3v) is 4.20. The Morgan fingerprint density at radius 3 is 2.24 bits per heavy atom. The van der Waals surface area contributed by atoms with E-state index in [1.165, 1.54) is 0 Å². The Morgan fingerprint density at radius 1 is 1.16 bits per heavy atom. The lowest BCUT2D eigenvalue weighted by Crippen LogP contribution is -2.52. The van der Waals surface area contributed by atoms with E-state index in [2.05, 4.69) is 13.2 Å². The predicted octanol–water partition coefficient (Wildman–Crippen LogP) is 3.16. The third kappa shape index (κ3) is 5.97. The molecule has 6 nitrogen and oxygen atoms in total. The first-order valence-electron chi connectivity index (χ1n) is 8.48. The summed E-state index contributed by atoms with van der Waals surface area (Å²) in [6, 6.07) is 0. The predicted molar refractivity (Wildman–Crippen MR) is 93.8 cm³/mol. The molecule has 0 amide bonds. The Bertz CT molecular complexity index is 536. The third-order valence-electron chi connectivity index (χ3n) is 4.20. The van der Waals surface area contributed by atoms with Crippen LogP contribution in [0.25, 0.3) is 0 Å². The number of ether oxygens (including phenoxy) is 4. The van der Waals surface area contributed by atoms with Gasteiger partial charge in [0, 0.05) is 23.0 Å². The smallest absolute Gasteiger partial charge is 0.333 e. The largest absolute Gasteiger partial charge is 0.462 e. The maximum Gasteiger partial charge on any atom is 0.333 e. The maximum absolute atomic E-state index is 11.7. The highest BCUT2D eigenvalue weighted by Gasteiger charge is 2.44. The molecule has 1 aliphatic heterocycles. The minimum Gasteiger partial charge on any atom is -0.462 e. The molecule has 1 fully saturated rings. The van der Waals surface area contributed by atoms with Crippen molar-refractivity contribution in [2.75, 3.05) is 19.8 Å². The van der Waals surface area contributed by atoms with Gasteiger partial charge in [0.25, 0.3) is 0 Å². The topological polar surface area (TPSA) is 71.1 Å². The number of carbonyl (C=O) groups is 2. The van der Waals surface area contributed by atoms with Crippen molar-refractivity contribution in [1.29, 1.82) is 0 Å². The summed E-state index contributed by atoms with van der Waals surface area (Å²) in [5, 5.41) is 0. The Balaban J connectivity index is 2.75. The molecular weight excluding hydrogens is 324 g/mol. The number of hydrogen-bond donors (Lipinski definition) is 0. The molecule has 2 atom stereocenters. The van der Waals surface area contributed by atoms with E-state index >= 15 is 0 Å². The first kappa shape index (κ1) is 21.4. The second-order valence-corrected chi connectivity index (χ2v) is 7.31. The van der Waals surface area contributed by atoms with E-state index in [-0.39, 0.29) is 13.2 Å². The first-order valence-corrected chi connectivity index (χ1v) is 8.48. The summed E-state index contributed by atoms with van der Waals surface area (Å²) in [7, 11) is 0.